The van der Waals surface area contributed by atoms with E-state index >= 15 is 0 Å². The lowest BCUT2D eigenvalue weighted by atomic mass is 9.85. The summed E-state index contributed by atoms with van der Waals surface area (Å²) < 4.78 is 11.2. The van der Waals surface area contributed by atoms with E-state index in [0.29, 0.717) is 0 Å². The fourth-order valence-electron chi connectivity index (χ4n) is 7.94. The van der Waals surface area contributed by atoms with Crippen molar-refractivity contribution in [3.8, 4) is 0 Å². The van der Waals surface area contributed by atoms with Crippen molar-refractivity contribution in [2.45, 2.75) is 62.9 Å². The van der Waals surface area contributed by atoms with Crippen molar-refractivity contribution >= 4 is 71.3 Å². The maximum Gasteiger partial charge on any atom is 0.461 e. The molecule has 0 aromatic carbocycles. The minimum atomic E-state index is -2.00. The molecule has 8 aliphatic rings. The second kappa shape index (κ2) is 12.8. The lowest BCUT2D eigenvalue weighted by Gasteiger charge is -2.31. The summed E-state index contributed by atoms with van der Waals surface area (Å²) in [5.41, 5.74) is 0. The van der Waals surface area contributed by atoms with Crippen LogP contribution in [0.1, 0.15) is 38.5 Å². The van der Waals surface area contributed by atoms with Crippen LogP contribution in [0.3, 0.4) is 0 Å². The molecule has 0 aromatic rings. The van der Waals surface area contributed by atoms with Crippen molar-refractivity contribution < 1.29 is 76.7 Å². The molecule has 8 rings (SSSR count). The normalized spacial score (nSPS) is 31.5. The molecule has 4 bridgehead atoms. The number of hydroxylamine groups is 4. The SMILES string of the molecule is O=C1C2C3C=CC(O3)C2C(=O)N1CCC(=O)N(C(=O)ON1C(=O)CCC1=O)N(C(=O)CCN1C(=O)C2C3C=CC(O3)C2C1=O)C(=O)ON1C(=O)CCC1=O. The molecule has 8 aliphatic heterocycles. The van der Waals surface area contributed by atoms with Crippen molar-refractivity contribution in [3.05, 3.63) is 24.3 Å². The fraction of sp³-hybridized carbons (Fsp3) is 0.500. The van der Waals surface area contributed by atoms with E-state index in [1.807, 2.05) is 0 Å². The number of hydrogen-bond acceptors (Lipinski definition) is 16. The van der Waals surface area contributed by atoms with Gasteiger partial charge in [-0.25, -0.2) is 9.59 Å². The van der Waals surface area contributed by atoms with Gasteiger partial charge in [-0.1, -0.05) is 24.3 Å². The molecular formula is C32H28N6O16. The Morgan fingerprint density at radius 1 is 0.519 bits per heavy atom. The van der Waals surface area contributed by atoms with E-state index < -0.39 is 171 Å². The Morgan fingerprint density at radius 2 is 0.796 bits per heavy atom. The van der Waals surface area contributed by atoms with E-state index in [0.717, 1.165) is 9.80 Å². The van der Waals surface area contributed by atoms with E-state index in [1.54, 1.807) is 24.3 Å². The Bertz CT molecular complexity index is 1720. The molecule has 6 fully saturated rings. The summed E-state index contributed by atoms with van der Waals surface area (Å²) in [6.45, 7) is -1.38. The van der Waals surface area contributed by atoms with Crippen LogP contribution in [0.2, 0.25) is 0 Å². The highest BCUT2D eigenvalue weighted by Gasteiger charge is 2.62. The largest absolute Gasteiger partial charge is 0.461 e. The van der Waals surface area contributed by atoms with Crippen molar-refractivity contribution in [3.63, 3.8) is 0 Å². The van der Waals surface area contributed by atoms with Crippen molar-refractivity contribution in [2.75, 3.05) is 13.1 Å². The first-order valence-electron chi connectivity index (χ1n) is 17.0. The first kappa shape index (κ1) is 34.9. The molecular weight excluding hydrogens is 724 g/mol. The number of nitrogens with zero attached hydrogens (tertiary/aromatic N) is 6. The summed E-state index contributed by atoms with van der Waals surface area (Å²) in [5, 5.41) is -0.580. The highest BCUT2D eigenvalue weighted by Crippen LogP contribution is 2.46. The van der Waals surface area contributed by atoms with E-state index in [4.69, 9.17) is 19.1 Å². The average molecular weight is 753 g/mol. The van der Waals surface area contributed by atoms with Crippen LogP contribution in [0.4, 0.5) is 9.59 Å². The lowest BCUT2D eigenvalue weighted by molar-refractivity contribution is -0.188. The van der Waals surface area contributed by atoms with Gasteiger partial charge in [0.25, 0.3) is 35.4 Å². The zero-order valence-corrected chi connectivity index (χ0v) is 27.8. The molecule has 22 nitrogen and oxygen atoms in total. The third-order valence-corrected chi connectivity index (χ3v) is 10.5. The van der Waals surface area contributed by atoms with Gasteiger partial charge in [0, 0.05) is 51.6 Å². The van der Waals surface area contributed by atoms with Crippen molar-refractivity contribution in [1.29, 1.82) is 0 Å². The summed E-state index contributed by atoms with van der Waals surface area (Å²) in [7, 11) is 0. The van der Waals surface area contributed by atoms with Gasteiger partial charge in [-0.3, -0.25) is 57.7 Å². The van der Waals surface area contributed by atoms with Gasteiger partial charge in [-0.2, -0.15) is 0 Å². The third kappa shape index (κ3) is 5.30. The zero-order chi connectivity index (χ0) is 38.3. The van der Waals surface area contributed by atoms with E-state index in [2.05, 4.69) is 0 Å². The number of likely N-dealkylation sites (tertiary alicyclic amines) is 2. The molecule has 6 saturated heterocycles. The minimum absolute atomic E-state index is 0.00760. The average Bonchev–Trinajstić information content (AvgIpc) is 4.03. The highest BCUT2D eigenvalue weighted by molar-refractivity contribution is 6.09. The molecule has 8 heterocycles. The van der Waals surface area contributed by atoms with Crippen LogP contribution < -0.4 is 0 Å². The maximum atomic E-state index is 13.9. The molecule has 0 radical (unpaired) electrons. The zero-order valence-electron chi connectivity index (χ0n) is 27.8. The molecule has 0 aliphatic carbocycles. The summed E-state index contributed by atoms with van der Waals surface area (Å²) in [6.07, 6.45) is -3.70. The Hall–Kier alpha value is -6.16. The topological polar surface area (TPSA) is 261 Å². The van der Waals surface area contributed by atoms with Crippen LogP contribution in [0.15, 0.2) is 24.3 Å². The van der Waals surface area contributed by atoms with Crippen molar-refractivity contribution in [1.82, 2.24) is 29.9 Å². The molecule has 12 amide bonds. The number of imide groups is 6. The number of rotatable bonds is 8. The number of carbonyl (C=O) groups is 12. The molecule has 0 aromatic heterocycles. The molecule has 22 heteroatoms. The van der Waals surface area contributed by atoms with Crippen LogP contribution in [0, 0.1) is 23.7 Å². The van der Waals surface area contributed by atoms with Crippen LogP contribution >= 0.6 is 0 Å². The Labute approximate surface area is 301 Å². The quantitative estimate of drug-likeness (QED) is 0.142. The van der Waals surface area contributed by atoms with Gasteiger partial charge < -0.3 is 19.1 Å². The van der Waals surface area contributed by atoms with Gasteiger partial charge in [-0.05, 0) is 0 Å². The predicted molar refractivity (Wildman–Crippen MR) is 161 cm³/mol. The number of hydrogen-bond donors (Lipinski definition) is 0. The van der Waals surface area contributed by atoms with Gasteiger partial charge in [0.2, 0.25) is 23.6 Å². The smallest absolute Gasteiger partial charge is 0.365 e. The van der Waals surface area contributed by atoms with Crippen molar-refractivity contribution in [2.24, 2.45) is 23.7 Å². The Balaban J connectivity index is 1.06. The predicted octanol–water partition coefficient (Wildman–Crippen LogP) is -2.38. The molecule has 0 saturated carbocycles. The van der Waals surface area contributed by atoms with Gasteiger partial charge in [-0.15, -0.1) is 20.1 Å². The second-order valence-electron chi connectivity index (χ2n) is 13.4. The number of hydrazine groups is 1. The summed E-state index contributed by atoms with van der Waals surface area (Å²) in [6, 6.07) is 0. The van der Waals surface area contributed by atoms with Crippen LogP contribution in [0.5, 0.6) is 0 Å². The lowest BCUT2D eigenvalue weighted by Crippen LogP contribution is -2.58. The van der Waals surface area contributed by atoms with Crippen LogP contribution in [-0.4, -0.2) is 139 Å². The van der Waals surface area contributed by atoms with E-state index in [1.165, 1.54) is 0 Å². The summed E-state index contributed by atoms with van der Waals surface area (Å²) in [5.74, 6) is -13.4. The third-order valence-electron chi connectivity index (χ3n) is 10.5. The van der Waals surface area contributed by atoms with Gasteiger partial charge in [0.15, 0.2) is 0 Å². The summed E-state index contributed by atoms with van der Waals surface area (Å²) >= 11 is 0. The van der Waals surface area contributed by atoms with E-state index in [9.17, 15) is 57.5 Å². The number of carbonyl (C=O) groups excluding carboxylic acids is 12. The number of amides is 12. The minimum Gasteiger partial charge on any atom is -0.365 e. The highest BCUT2D eigenvalue weighted by atomic mass is 16.8. The first-order chi connectivity index (χ1) is 25.8. The Kier molecular flexibility index (Phi) is 8.24. The molecule has 282 valence electrons. The fourth-order valence-corrected chi connectivity index (χ4v) is 7.94. The molecule has 8 unspecified atom stereocenters. The van der Waals surface area contributed by atoms with Gasteiger partial charge >= 0.3 is 12.2 Å². The van der Waals surface area contributed by atoms with E-state index in [-0.39, 0.29) is 20.1 Å². The number of fused-ring (bicyclic) bond motifs is 10. The standard InChI is InChI=1S/C32H28N6O16/c39-17(9-11-33-27(45)23-13-1-2-14(51-13)24(23)28(33)46)35(31(49)53-37-19(41)5-6-20(37)42)36(32(50)54-38-21(43)7-8-22(38)44)18(40)10-12-34-29(47)25-15-3-4-16(52-15)26(25)30(34)48/h1-4,13-16,23-26H,5-12H2. The molecule has 0 N–H and O–H groups in total. The maximum absolute atomic E-state index is 13.9. The molecule has 54 heavy (non-hydrogen) atoms. The van der Waals surface area contributed by atoms with Gasteiger partial charge in [0.05, 0.1) is 48.1 Å². The van der Waals surface area contributed by atoms with Gasteiger partial charge in [0.1, 0.15) is 0 Å². The summed E-state index contributed by atoms with van der Waals surface area (Å²) in [4.78, 5) is 169. The van der Waals surface area contributed by atoms with Crippen LogP contribution in [-0.2, 0) is 67.1 Å². The molecule has 8 atom stereocenters. The Morgan fingerprint density at radius 3 is 1.07 bits per heavy atom. The van der Waals surface area contributed by atoms with Crippen LogP contribution in [0.25, 0.3) is 0 Å². The number of ether oxygens (including phenoxy) is 2. The second-order valence-corrected chi connectivity index (χ2v) is 13.4. The molecule has 0 spiro atoms. The first-order valence-corrected chi connectivity index (χ1v) is 17.0. The monoisotopic (exact) mass is 752 g/mol.